The molecule has 0 N–H and O–H groups in total. The van der Waals surface area contributed by atoms with Crippen LogP contribution in [0, 0.1) is 0 Å². The van der Waals surface area contributed by atoms with Crippen molar-refractivity contribution in [2.45, 2.75) is 58.2 Å². The summed E-state index contributed by atoms with van der Waals surface area (Å²) in [6, 6.07) is 19.6. The minimum atomic E-state index is -1.03. The second-order valence-electron chi connectivity index (χ2n) is 17.5. The van der Waals surface area contributed by atoms with Crippen LogP contribution in [0.2, 0.25) is 0 Å². The first-order chi connectivity index (χ1) is 26.8. The largest absolute Gasteiger partial charge is 0.496 e. The van der Waals surface area contributed by atoms with E-state index in [9.17, 15) is 0 Å². The Hall–Kier alpha value is -0.607. The van der Waals surface area contributed by atoms with E-state index in [0.29, 0.717) is 0 Å². The fourth-order valence-corrected chi connectivity index (χ4v) is 8.66. The Morgan fingerprint density at radius 1 is 0.483 bits per heavy atom. The van der Waals surface area contributed by atoms with Crippen LogP contribution in [0.5, 0.6) is 0 Å². The number of nitrogens with zero attached hydrogens (tertiary/aromatic N) is 1. The van der Waals surface area contributed by atoms with Gasteiger partial charge in [-0.15, -0.1) is 0 Å². The number of rotatable bonds is 14. The second-order valence-corrected chi connectivity index (χ2v) is 17.5. The van der Waals surface area contributed by atoms with Gasteiger partial charge in [0.05, 0.1) is 16.9 Å². The molecule has 0 bridgehead atoms. The fraction of sp³-hybridized carbons (Fsp3) is 0.346. The van der Waals surface area contributed by atoms with Crippen LogP contribution in [0.3, 0.4) is 0 Å². The Morgan fingerprint density at radius 2 is 0.931 bits per heavy atom. The first-order valence-corrected chi connectivity index (χ1v) is 19.7. The fourth-order valence-electron chi connectivity index (χ4n) is 8.66. The highest BCUT2D eigenvalue weighted by atomic mass is 16.7. The van der Waals surface area contributed by atoms with Crippen molar-refractivity contribution >= 4 is 212 Å². The molecule has 30 radical (unpaired) electrons. The van der Waals surface area contributed by atoms with Gasteiger partial charge in [-0.25, -0.2) is 0 Å². The Kier molecular flexibility index (Phi) is 17.1. The maximum atomic E-state index is 6.32. The normalized spacial score (nSPS) is 15.0. The van der Waals surface area contributed by atoms with Crippen molar-refractivity contribution < 1.29 is 9.31 Å². The maximum absolute atomic E-state index is 6.32. The van der Waals surface area contributed by atoms with E-state index in [4.69, 9.17) is 130 Å². The molecule has 1 aliphatic heterocycles. The van der Waals surface area contributed by atoms with Crippen LogP contribution in [-0.4, -0.2) is 222 Å². The van der Waals surface area contributed by atoms with Crippen LogP contribution in [0.25, 0.3) is 22.4 Å². The van der Waals surface area contributed by atoms with Crippen molar-refractivity contribution in [3.63, 3.8) is 0 Å². The number of hydrogen-bond donors (Lipinski definition) is 0. The van der Waals surface area contributed by atoms with Crippen LogP contribution in [0.15, 0.2) is 60.8 Å². The highest BCUT2D eigenvalue weighted by Gasteiger charge is 2.53. The molecule has 5 rings (SSSR count). The van der Waals surface area contributed by atoms with E-state index in [1.807, 2.05) is 6.20 Å². The van der Waals surface area contributed by atoms with Crippen LogP contribution < -0.4 is 5.46 Å². The third kappa shape index (κ3) is 10.6. The minimum absolute atomic E-state index is 0.00936. The van der Waals surface area contributed by atoms with Crippen molar-refractivity contribution in [2.75, 3.05) is 0 Å². The topological polar surface area (TPSA) is 31.4 Å². The van der Waals surface area contributed by atoms with Gasteiger partial charge in [0.15, 0.2) is 0 Å². The zero-order chi connectivity index (χ0) is 43.8. The summed E-state index contributed by atoms with van der Waals surface area (Å²) < 4.78 is 12.3. The van der Waals surface area contributed by atoms with Gasteiger partial charge in [-0.1, -0.05) is 56.3 Å². The predicted octanol–water partition coefficient (Wildman–Crippen LogP) is -5.31. The monoisotopic (exact) mass is 705 g/mol. The molecule has 2 aliphatic rings. The van der Waals surface area contributed by atoms with E-state index in [0.717, 1.165) is 16.7 Å². The molecule has 3 aromatic rings. The minimum Gasteiger partial charge on any atom is -0.399 e. The summed E-state index contributed by atoms with van der Waals surface area (Å²) >= 11 is 0. The summed E-state index contributed by atoms with van der Waals surface area (Å²) in [5, 5.41) is 0. The lowest BCUT2D eigenvalue weighted by Crippen LogP contribution is -2.87. The van der Waals surface area contributed by atoms with Crippen molar-refractivity contribution in [2.24, 2.45) is 0 Å². The number of hydrogen-bond acceptors (Lipinski definition) is 3. The zero-order valence-corrected chi connectivity index (χ0v) is 34.8. The zero-order valence-electron chi connectivity index (χ0n) is 34.8. The smallest absolute Gasteiger partial charge is 0.399 e. The molecule has 2 aromatic carbocycles. The molecular formula is C26H28B29NO2. The van der Waals surface area contributed by atoms with Gasteiger partial charge in [0.1, 0.15) is 0 Å². The molecule has 1 fully saturated rings. The van der Waals surface area contributed by atoms with Crippen LogP contribution >= 0.6 is 0 Å². The molecule has 0 amide bonds. The number of aromatic nitrogens is 1. The van der Waals surface area contributed by atoms with Gasteiger partial charge in [-0.2, -0.15) is 0 Å². The third-order valence-corrected chi connectivity index (χ3v) is 12.5. The van der Waals surface area contributed by atoms with E-state index in [1.165, 1.54) is 22.3 Å². The Labute approximate surface area is 376 Å². The summed E-state index contributed by atoms with van der Waals surface area (Å²) in [4.78, 5) is 4.75. The van der Waals surface area contributed by atoms with Gasteiger partial charge >= 0.3 is 7.12 Å². The van der Waals surface area contributed by atoms with E-state index >= 15 is 0 Å². The van der Waals surface area contributed by atoms with Gasteiger partial charge in [0, 0.05) is 222 Å². The standard InChI is InChI=1S/C26H28BNO2.B28/c1-24(2)21-10-8-7-9-19(21)20-13-11-17(15-22(20)24)23-14-12-18(16-28-23)27-29-25(3,4)26(5,6)30-27;1-16(2)23(15)27(24(17(3)4)18(5)6)28(25(19(7)8)20(9)10)26(21(11)12)22(13)14/h7-16H,1-6H3;. The highest BCUT2D eigenvalue weighted by molar-refractivity contribution is 8.26. The number of benzene rings is 2. The molecular weight excluding hydrogens is 672 g/mol. The Morgan fingerprint density at radius 3 is 1.36 bits per heavy atom. The van der Waals surface area contributed by atoms with Crippen molar-refractivity contribution in [3.05, 3.63) is 71.9 Å². The van der Waals surface area contributed by atoms with Gasteiger partial charge in [0.2, 0.25) is 0 Å². The summed E-state index contributed by atoms with van der Waals surface area (Å²) in [7, 11) is 89.2. The molecule has 0 atom stereocenters. The predicted molar refractivity (Wildman–Crippen MR) is 284 cm³/mol. The average molecular weight is 700 g/mol. The van der Waals surface area contributed by atoms with Gasteiger partial charge < -0.3 is 9.31 Å². The average Bonchev–Trinajstić information content (AvgIpc) is 3.48. The quantitative estimate of drug-likeness (QED) is 0.158. The Bertz CT molecular complexity index is 1750. The molecule has 1 aromatic heterocycles. The SMILES string of the molecule is CC1(C)c2ccccc2-c2ccc(-c3ccc(B4OC(C)(C)C(C)(C)O4)cn3)cc21.[B]B([B])B([B])B(B(B([B])[B])B([B])[B])B(B(B([B])[B])B([B])[B])B(B([B])[B])B([B])[B]. The molecule has 236 valence electrons. The Balaban J connectivity index is 0.000000258. The van der Waals surface area contributed by atoms with E-state index in [1.54, 1.807) is 0 Å². The lowest BCUT2D eigenvalue weighted by Gasteiger charge is -2.49. The van der Waals surface area contributed by atoms with Crippen molar-refractivity contribution in [1.82, 2.24) is 4.98 Å². The molecule has 0 saturated carbocycles. The highest BCUT2D eigenvalue weighted by Crippen LogP contribution is 2.49. The molecule has 3 nitrogen and oxygen atoms in total. The molecule has 0 unspecified atom stereocenters. The van der Waals surface area contributed by atoms with Crippen LogP contribution in [-0.2, 0) is 14.7 Å². The van der Waals surface area contributed by atoms with Crippen molar-refractivity contribution in [3.8, 4) is 22.4 Å². The molecule has 1 saturated heterocycles. The second kappa shape index (κ2) is 19.8. The van der Waals surface area contributed by atoms with E-state index < -0.39 is 83.0 Å². The third-order valence-electron chi connectivity index (χ3n) is 12.5. The van der Waals surface area contributed by atoms with Gasteiger partial charge in [0.25, 0.3) is 0 Å². The summed E-state index contributed by atoms with van der Waals surface area (Å²) in [5.41, 5.74) is 7.75. The summed E-state index contributed by atoms with van der Waals surface area (Å²) in [5.74, 6) is 0. The molecule has 58 heavy (non-hydrogen) atoms. The first-order valence-electron chi connectivity index (χ1n) is 19.7. The van der Waals surface area contributed by atoms with Gasteiger partial charge in [-0.3, -0.25) is 4.98 Å². The van der Waals surface area contributed by atoms with Crippen molar-refractivity contribution in [1.29, 1.82) is 0 Å². The summed E-state index contributed by atoms with van der Waals surface area (Å²) in [6.45, 7) is 12.9. The van der Waals surface area contributed by atoms with E-state index in [2.05, 4.69) is 96.1 Å². The van der Waals surface area contributed by atoms with E-state index in [-0.39, 0.29) is 23.7 Å². The van der Waals surface area contributed by atoms with Gasteiger partial charge in [-0.05, 0) is 62.1 Å². The lowest BCUT2D eigenvalue weighted by molar-refractivity contribution is 0.00578. The molecule has 1 aliphatic carbocycles. The molecule has 32 heteroatoms. The van der Waals surface area contributed by atoms with Crippen LogP contribution in [0.1, 0.15) is 52.7 Å². The van der Waals surface area contributed by atoms with Crippen LogP contribution in [0.4, 0.5) is 0 Å². The first kappa shape index (κ1) is 50.0. The lowest BCUT2D eigenvalue weighted by atomic mass is 8.32. The summed E-state index contributed by atoms with van der Waals surface area (Å²) in [6.07, 6.45) is -10.4. The number of pyridine rings is 1. The molecule has 0 spiro atoms. The maximum Gasteiger partial charge on any atom is 0.496 e. The number of fused-ring (bicyclic) bond motifs is 3. The molecule has 2 heterocycles.